The third-order valence-electron chi connectivity index (χ3n) is 0.848. The third-order valence-corrected chi connectivity index (χ3v) is 0.848. The lowest BCUT2D eigenvalue weighted by molar-refractivity contribution is -0.359. The molecule has 0 saturated carbocycles. The normalized spacial score (nSPS) is 29.9. The first kappa shape index (κ1) is 5.75. The molecule has 0 amide bonds. The molecule has 0 bridgehead atoms. The number of aliphatic hydroxyl groups excluding tert-OH is 1. The molecule has 1 aliphatic rings. The Morgan fingerprint density at radius 3 is 3.25 bits per heavy atom. The van der Waals surface area contributed by atoms with Crippen LogP contribution in [0.5, 0.6) is 0 Å². The Morgan fingerprint density at radius 1 is 1.50 bits per heavy atom. The predicted octanol–water partition coefficient (Wildman–Crippen LogP) is 0.213. The van der Waals surface area contributed by atoms with Crippen molar-refractivity contribution in [2.45, 2.75) is 12.7 Å². The molecular formula is C5H8O3. The van der Waals surface area contributed by atoms with Crippen LogP contribution in [0.2, 0.25) is 0 Å². The van der Waals surface area contributed by atoms with Gasteiger partial charge in [0, 0.05) is 6.42 Å². The molecule has 0 aromatic rings. The van der Waals surface area contributed by atoms with Gasteiger partial charge in [0.2, 0.25) is 0 Å². The van der Waals surface area contributed by atoms with E-state index < -0.39 is 6.29 Å². The van der Waals surface area contributed by atoms with Crippen LogP contribution < -0.4 is 0 Å². The van der Waals surface area contributed by atoms with E-state index in [4.69, 9.17) is 5.11 Å². The van der Waals surface area contributed by atoms with Gasteiger partial charge in [-0.25, -0.2) is 9.78 Å². The second kappa shape index (κ2) is 2.81. The van der Waals surface area contributed by atoms with E-state index in [1.807, 2.05) is 6.08 Å². The van der Waals surface area contributed by atoms with E-state index >= 15 is 0 Å². The molecular weight excluding hydrogens is 108 g/mol. The van der Waals surface area contributed by atoms with Gasteiger partial charge in [0.1, 0.15) is 6.61 Å². The second-order valence-electron chi connectivity index (χ2n) is 1.54. The second-order valence-corrected chi connectivity index (χ2v) is 1.54. The lowest BCUT2D eigenvalue weighted by atomic mass is 10.4. The van der Waals surface area contributed by atoms with E-state index in [1.54, 1.807) is 6.08 Å². The predicted molar refractivity (Wildman–Crippen MR) is 26.8 cm³/mol. The molecule has 0 saturated heterocycles. The molecule has 0 fully saturated rings. The summed E-state index contributed by atoms with van der Waals surface area (Å²) < 4.78 is 0. The summed E-state index contributed by atoms with van der Waals surface area (Å²) in [5.41, 5.74) is 0. The molecule has 0 aromatic carbocycles. The van der Waals surface area contributed by atoms with E-state index in [2.05, 4.69) is 9.78 Å². The zero-order valence-corrected chi connectivity index (χ0v) is 4.41. The van der Waals surface area contributed by atoms with Crippen LogP contribution in [0.1, 0.15) is 6.42 Å². The molecule has 3 nitrogen and oxygen atoms in total. The summed E-state index contributed by atoms with van der Waals surface area (Å²) in [6.07, 6.45) is 3.35. The fraction of sp³-hybridized carbons (Fsp3) is 0.600. The third kappa shape index (κ3) is 1.61. The van der Waals surface area contributed by atoms with Crippen LogP contribution in [0.4, 0.5) is 0 Å². The van der Waals surface area contributed by atoms with E-state index in [0.717, 1.165) is 0 Å². The SMILES string of the molecule is OC1CC=CCOO1. The largest absolute Gasteiger partial charge is 0.365 e. The van der Waals surface area contributed by atoms with Gasteiger partial charge in [-0.2, -0.15) is 0 Å². The van der Waals surface area contributed by atoms with Crippen LogP contribution in [-0.2, 0) is 9.78 Å². The quantitative estimate of drug-likeness (QED) is 0.363. The smallest absolute Gasteiger partial charge is 0.192 e. The molecule has 0 aliphatic carbocycles. The fourth-order valence-electron chi connectivity index (χ4n) is 0.477. The van der Waals surface area contributed by atoms with Crippen LogP contribution in [-0.4, -0.2) is 18.0 Å². The average Bonchev–Trinajstić information content (AvgIpc) is 1.94. The Hall–Kier alpha value is -0.380. The average molecular weight is 116 g/mol. The summed E-state index contributed by atoms with van der Waals surface area (Å²) in [4.78, 5) is 8.87. The van der Waals surface area contributed by atoms with Crippen LogP contribution in [0, 0.1) is 0 Å². The molecule has 0 aromatic heterocycles. The molecule has 8 heavy (non-hydrogen) atoms. The van der Waals surface area contributed by atoms with E-state index in [0.29, 0.717) is 13.0 Å². The Morgan fingerprint density at radius 2 is 2.38 bits per heavy atom. The summed E-state index contributed by atoms with van der Waals surface area (Å²) in [7, 11) is 0. The van der Waals surface area contributed by atoms with Gasteiger partial charge in [-0.1, -0.05) is 12.2 Å². The number of aliphatic hydroxyl groups is 1. The molecule has 1 unspecified atom stereocenters. The van der Waals surface area contributed by atoms with Gasteiger partial charge in [-0.05, 0) is 0 Å². The molecule has 3 heteroatoms. The zero-order chi connectivity index (χ0) is 5.82. The van der Waals surface area contributed by atoms with Crippen molar-refractivity contribution in [2.75, 3.05) is 6.61 Å². The number of hydrogen-bond acceptors (Lipinski definition) is 3. The highest BCUT2D eigenvalue weighted by molar-refractivity contribution is 4.82. The Labute approximate surface area is 47.5 Å². The zero-order valence-electron chi connectivity index (χ0n) is 4.41. The van der Waals surface area contributed by atoms with Gasteiger partial charge in [-0.3, -0.25) is 0 Å². The van der Waals surface area contributed by atoms with Crippen LogP contribution in [0.15, 0.2) is 12.2 Å². The molecule has 46 valence electrons. The standard InChI is InChI=1S/C5H8O3/c6-5-3-1-2-4-7-8-5/h1-2,5-6H,3-4H2. The van der Waals surface area contributed by atoms with Crippen molar-refractivity contribution in [3.63, 3.8) is 0 Å². The van der Waals surface area contributed by atoms with E-state index in [9.17, 15) is 0 Å². The van der Waals surface area contributed by atoms with Crippen molar-refractivity contribution in [3.05, 3.63) is 12.2 Å². The van der Waals surface area contributed by atoms with Gasteiger partial charge < -0.3 is 5.11 Å². The van der Waals surface area contributed by atoms with Crippen molar-refractivity contribution < 1.29 is 14.9 Å². The molecule has 1 N–H and O–H groups in total. The molecule has 1 atom stereocenters. The Bertz CT molecular complexity index is 89.7. The Kier molecular flexibility index (Phi) is 2.02. The highest BCUT2D eigenvalue weighted by Crippen LogP contribution is 2.00. The maximum absolute atomic E-state index is 8.69. The first-order valence-corrected chi connectivity index (χ1v) is 2.51. The van der Waals surface area contributed by atoms with Crippen LogP contribution in [0.3, 0.4) is 0 Å². The van der Waals surface area contributed by atoms with Crippen LogP contribution >= 0.6 is 0 Å². The van der Waals surface area contributed by atoms with Crippen molar-refractivity contribution in [1.29, 1.82) is 0 Å². The summed E-state index contributed by atoms with van der Waals surface area (Å²) in [5.74, 6) is 0. The summed E-state index contributed by atoms with van der Waals surface area (Å²) >= 11 is 0. The van der Waals surface area contributed by atoms with E-state index in [-0.39, 0.29) is 0 Å². The fourth-order valence-corrected chi connectivity index (χ4v) is 0.477. The van der Waals surface area contributed by atoms with Gasteiger partial charge in [0.15, 0.2) is 6.29 Å². The van der Waals surface area contributed by atoms with Crippen LogP contribution in [0.25, 0.3) is 0 Å². The lowest BCUT2D eigenvalue weighted by Crippen LogP contribution is -2.08. The van der Waals surface area contributed by atoms with Gasteiger partial charge in [-0.15, -0.1) is 0 Å². The molecule has 0 radical (unpaired) electrons. The van der Waals surface area contributed by atoms with Crippen molar-refractivity contribution in [3.8, 4) is 0 Å². The van der Waals surface area contributed by atoms with Gasteiger partial charge in [0.05, 0.1) is 0 Å². The highest BCUT2D eigenvalue weighted by atomic mass is 17.2. The molecule has 1 rings (SSSR count). The minimum Gasteiger partial charge on any atom is -0.365 e. The summed E-state index contributed by atoms with van der Waals surface area (Å²) in [6, 6.07) is 0. The molecule has 1 aliphatic heterocycles. The summed E-state index contributed by atoms with van der Waals surface area (Å²) in [5, 5.41) is 8.69. The minimum absolute atomic E-state index is 0.428. The lowest BCUT2D eigenvalue weighted by Gasteiger charge is -2.02. The van der Waals surface area contributed by atoms with Crippen molar-refractivity contribution in [2.24, 2.45) is 0 Å². The van der Waals surface area contributed by atoms with Gasteiger partial charge in [0.25, 0.3) is 0 Å². The van der Waals surface area contributed by atoms with Crippen molar-refractivity contribution >= 4 is 0 Å². The Balaban J connectivity index is 2.30. The number of rotatable bonds is 0. The maximum Gasteiger partial charge on any atom is 0.192 e. The first-order valence-electron chi connectivity index (χ1n) is 2.51. The number of hydrogen-bond donors (Lipinski definition) is 1. The minimum atomic E-state index is -0.784. The first-order chi connectivity index (χ1) is 3.89. The molecule has 0 spiro atoms. The summed E-state index contributed by atoms with van der Waals surface area (Å²) in [6.45, 7) is 0.428. The highest BCUT2D eigenvalue weighted by Gasteiger charge is 2.03. The van der Waals surface area contributed by atoms with Gasteiger partial charge >= 0.3 is 0 Å². The monoisotopic (exact) mass is 116 g/mol. The topological polar surface area (TPSA) is 38.7 Å². The maximum atomic E-state index is 8.69. The van der Waals surface area contributed by atoms with Crippen molar-refractivity contribution in [1.82, 2.24) is 0 Å². The van der Waals surface area contributed by atoms with E-state index in [1.165, 1.54) is 0 Å². The molecule has 1 heterocycles.